The lowest BCUT2D eigenvalue weighted by atomic mass is 9.79. The smallest absolute Gasteiger partial charge is 0.100 e. The summed E-state index contributed by atoms with van der Waals surface area (Å²) in [5, 5.41) is 7.11. The van der Waals surface area contributed by atoms with E-state index in [-0.39, 0.29) is 0 Å². The van der Waals surface area contributed by atoms with Crippen molar-refractivity contribution in [2.24, 2.45) is 11.8 Å². The molecule has 4 N–H and O–H groups in total. The monoisotopic (exact) mass is 354 g/mol. The van der Waals surface area contributed by atoms with E-state index in [1.54, 1.807) is 0 Å². The molecule has 0 aromatic rings. The van der Waals surface area contributed by atoms with Crippen molar-refractivity contribution in [2.75, 3.05) is 58.9 Å². The van der Waals surface area contributed by atoms with Crippen molar-refractivity contribution in [2.45, 2.75) is 44.1 Å². The number of halogens is 1. The molecular formula is C18H35FN6. The third kappa shape index (κ3) is 4.51. The molecule has 144 valence electrons. The van der Waals surface area contributed by atoms with Gasteiger partial charge in [0.1, 0.15) is 6.17 Å². The van der Waals surface area contributed by atoms with E-state index in [0.717, 1.165) is 65.0 Å². The summed E-state index contributed by atoms with van der Waals surface area (Å²) >= 11 is 0. The number of nitrogens with one attached hydrogen (secondary N) is 4. The molecule has 4 fully saturated rings. The van der Waals surface area contributed by atoms with Gasteiger partial charge in [0.25, 0.3) is 0 Å². The van der Waals surface area contributed by atoms with E-state index >= 15 is 0 Å². The summed E-state index contributed by atoms with van der Waals surface area (Å²) in [5.41, 5.74) is 6.90. The maximum Gasteiger partial charge on any atom is 0.100 e. The van der Waals surface area contributed by atoms with E-state index in [9.17, 15) is 4.39 Å². The maximum absolute atomic E-state index is 13.4. The molecule has 3 atom stereocenters. The summed E-state index contributed by atoms with van der Waals surface area (Å²) in [6, 6.07) is 0.523. The van der Waals surface area contributed by atoms with Crippen LogP contribution in [0, 0.1) is 11.8 Å². The first kappa shape index (κ1) is 18.1. The first-order valence-corrected chi connectivity index (χ1v) is 10.3. The van der Waals surface area contributed by atoms with E-state index in [1.807, 2.05) is 0 Å². The summed E-state index contributed by atoms with van der Waals surface area (Å²) in [6.45, 7) is 10.1. The molecule has 3 saturated heterocycles. The van der Waals surface area contributed by atoms with E-state index in [2.05, 4.69) is 31.3 Å². The van der Waals surface area contributed by atoms with Gasteiger partial charge < -0.3 is 10.2 Å². The molecule has 7 heteroatoms. The molecule has 0 bridgehead atoms. The molecule has 0 amide bonds. The molecule has 4 rings (SSSR count). The van der Waals surface area contributed by atoms with Crippen LogP contribution in [0.15, 0.2) is 0 Å². The number of hydrogen-bond donors (Lipinski definition) is 4. The molecule has 1 aliphatic carbocycles. The summed E-state index contributed by atoms with van der Waals surface area (Å²) < 4.78 is 13.4. The molecule has 3 aliphatic heterocycles. The van der Waals surface area contributed by atoms with Gasteiger partial charge in [-0.1, -0.05) is 0 Å². The highest BCUT2D eigenvalue weighted by Crippen LogP contribution is 2.32. The molecule has 3 heterocycles. The zero-order valence-corrected chi connectivity index (χ0v) is 15.4. The van der Waals surface area contributed by atoms with Gasteiger partial charge in [0.05, 0.1) is 6.17 Å². The topological polar surface area (TPSA) is 54.6 Å². The van der Waals surface area contributed by atoms with Crippen molar-refractivity contribution in [1.82, 2.24) is 31.3 Å². The van der Waals surface area contributed by atoms with Crippen molar-refractivity contribution < 1.29 is 4.39 Å². The normalized spacial score (nSPS) is 41.9. The van der Waals surface area contributed by atoms with E-state index in [4.69, 9.17) is 0 Å². The van der Waals surface area contributed by atoms with Crippen molar-refractivity contribution in [3.8, 4) is 0 Å². The maximum atomic E-state index is 13.4. The molecule has 1 saturated carbocycles. The molecule has 3 unspecified atom stereocenters. The van der Waals surface area contributed by atoms with Crippen LogP contribution in [-0.4, -0.2) is 87.1 Å². The number of rotatable bonds is 4. The van der Waals surface area contributed by atoms with Gasteiger partial charge in [-0.3, -0.25) is 21.1 Å². The fourth-order valence-corrected chi connectivity index (χ4v) is 5.16. The summed E-state index contributed by atoms with van der Waals surface area (Å²) in [5.74, 6) is 1.30. The first-order chi connectivity index (χ1) is 12.3. The highest BCUT2D eigenvalue weighted by Gasteiger charge is 2.37. The second-order valence-electron chi connectivity index (χ2n) is 8.33. The van der Waals surface area contributed by atoms with E-state index in [0.29, 0.717) is 24.0 Å². The number of nitrogens with zero attached hydrogens (tertiary/aromatic N) is 2. The highest BCUT2D eigenvalue weighted by atomic mass is 19.1. The third-order valence-corrected chi connectivity index (χ3v) is 6.71. The van der Waals surface area contributed by atoms with Crippen LogP contribution in [0.2, 0.25) is 0 Å². The van der Waals surface area contributed by atoms with E-state index in [1.165, 1.54) is 19.6 Å². The zero-order chi connectivity index (χ0) is 17.1. The predicted octanol–water partition coefficient (Wildman–Crippen LogP) is -0.256. The van der Waals surface area contributed by atoms with E-state index < -0.39 is 6.17 Å². The summed E-state index contributed by atoms with van der Waals surface area (Å²) in [7, 11) is 0. The number of piperazine rings is 2. The molecule has 6 nitrogen and oxygen atoms in total. The quantitative estimate of drug-likeness (QED) is 0.558. The summed E-state index contributed by atoms with van der Waals surface area (Å²) in [6.07, 6.45) is 3.57. The minimum absolute atomic E-state index is 0.509. The average molecular weight is 355 g/mol. The van der Waals surface area contributed by atoms with Crippen LogP contribution >= 0.6 is 0 Å². The van der Waals surface area contributed by atoms with Gasteiger partial charge in [-0.2, -0.15) is 0 Å². The number of hydrogen-bond acceptors (Lipinski definition) is 6. The third-order valence-electron chi connectivity index (χ3n) is 6.71. The Morgan fingerprint density at radius 3 is 2.44 bits per heavy atom. The Bertz CT molecular complexity index is 402. The van der Waals surface area contributed by atoms with Crippen LogP contribution in [0.5, 0.6) is 0 Å². The average Bonchev–Trinajstić information content (AvgIpc) is 3.12. The van der Waals surface area contributed by atoms with Gasteiger partial charge in [-0.05, 0) is 31.6 Å². The molecular weight excluding hydrogens is 319 g/mol. The molecule has 0 aromatic carbocycles. The van der Waals surface area contributed by atoms with Gasteiger partial charge in [0.2, 0.25) is 0 Å². The van der Waals surface area contributed by atoms with Crippen LogP contribution in [0.1, 0.15) is 25.7 Å². The van der Waals surface area contributed by atoms with Crippen molar-refractivity contribution in [3.05, 3.63) is 0 Å². The Kier molecular flexibility index (Phi) is 6.21. The minimum Gasteiger partial charge on any atom is -0.313 e. The zero-order valence-electron chi connectivity index (χ0n) is 15.4. The second kappa shape index (κ2) is 8.59. The van der Waals surface area contributed by atoms with Crippen LogP contribution in [0.4, 0.5) is 4.39 Å². The largest absolute Gasteiger partial charge is 0.313 e. The lowest BCUT2D eigenvalue weighted by Gasteiger charge is -2.42. The Balaban J connectivity index is 1.23. The highest BCUT2D eigenvalue weighted by molar-refractivity contribution is 4.92. The minimum atomic E-state index is -0.556. The lowest BCUT2D eigenvalue weighted by molar-refractivity contribution is 0.0625. The first-order valence-electron chi connectivity index (χ1n) is 10.3. The molecule has 25 heavy (non-hydrogen) atoms. The van der Waals surface area contributed by atoms with Crippen molar-refractivity contribution in [1.29, 1.82) is 0 Å². The number of alkyl halides is 1. The van der Waals surface area contributed by atoms with Crippen LogP contribution in [0.25, 0.3) is 0 Å². The Hall–Kier alpha value is -0.310. The summed E-state index contributed by atoms with van der Waals surface area (Å²) in [4.78, 5) is 5.23. The van der Waals surface area contributed by atoms with Gasteiger partial charge in [0.15, 0.2) is 0 Å². The van der Waals surface area contributed by atoms with Crippen LogP contribution in [-0.2, 0) is 0 Å². The second-order valence-corrected chi connectivity index (χ2v) is 8.33. The van der Waals surface area contributed by atoms with Gasteiger partial charge in [-0.15, -0.1) is 0 Å². The Labute approximate surface area is 151 Å². The van der Waals surface area contributed by atoms with Gasteiger partial charge >= 0.3 is 0 Å². The fraction of sp³-hybridized carbons (Fsp3) is 1.00. The predicted molar refractivity (Wildman–Crippen MR) is 97.9 cm³/mol. The van der Waals surface area contributed by atoms with Gasteiger partial charge in [0, 0.05) is 70.9 Å². The molecule has 4 aliphatic rings. The van der Waals surface area contributed by atoms with Crippen molar-refractivity contribution in [3.63, 3.8) is 0 Å². The molecule has 0 radical (unpaired) electrons. The molecule has 0 spiro atoms. The number of hydrazine groups is 1. The fourth-order valence-electron chi connectivity index (χ4n) is 5.16. The van der Waals surface area contributed by atoms with Crippen LogP contribution < -0.4 is 21.5 Å². The SMILES string of the molecule is FC1CCC(C2NNCC2CN2CCN(C3CNCCN3)CC2)CC1. The Morgan fingerprint density at radius 1 is 0.920 bits per heavy atom. The van der Waals surface area contributed by atoms with Crippen molar-refractivity contribution >= 4 is 0 Å². The van der Waals surface area contributed by atoms with Crippen LogP contribution in [0.3, 0.4) is 0 Å². The standard InChI is InChI=1S/C18H35FN6/c19-16-3-1-14(2-4-16)18-15(11-22-23-18)13-24-7-9-25(10-8-24)17-12-20-5-6-21-17/h14-18,20-23H,1-13H2. The lowest BCUT2D eigenvalue weighted by Crippen LogP contribution is -2.61. The molecule has 0 aromatic heterocycles. The Morgan fingerprint density at radius 2 is 1.72 bits per heavy atom. The van der Waals surface area contributed by atoms with Gasteiger partial charge in [-0.25, -0.2) is 4.39 Å².